The fourth-order valence-electron chi connectivity index (χ4n) is 1.82. The number of fused-ring (bicyclic) bond motifs is 1. The van der Waals surface area contributed by atoms with E-state index in [0.29, 0.717) is 17.6 Å². The molecular weight excluding hydrogens is 262 g/mol. The van der Waals surface area contributed by atoms with E-state index in [1.807, 2.05) is 11.4 Å². The van der Waals surface area contributed by atoms with Crippen LogP contribution in [-0.4, -0.2) is 27.7 Å². The summed E-state index contributed by atoms with van der Waals surface area (Å²) in [4.78, 5) is 17.1. The third-order valence-electron chi connectivity index (χ3n) is 2.71. The first-order valence-electron chi connectivity index (χ1n) is 5.72. The van der Waals surface area contributed by atoms with E-state index in [0.717, 1.165) is 5.82 Å². The lowest BCUT2D eigenvalue weighted by atomic mass is 10.3. The molecule has 3 rings (SSSR count). The summed E-state index contributed by atoms with van der Waals surface area (Å²) >= 11 is 1.68. The molecule has 6 heteroatoms. The number of thiophene rings is 1. The lowest BCUT2D eigenvalue weighted by Crippen LogP contribution is -2.02. The lowest BCUT2D eigenvalue weighted by molar-refractivity contribution is 0.0600. The van der Waals surface area contributed by atoms with Crippen LogP contribution < -0.4 is 0 Å². The minimum absolute atomic E-state index is 0.370. The van der Waals surface area contributed by atoms with Gasteiger partial charge in [-0.1, -0.05) is 6.07 Å². The van der Waals surface area contributed by atoms with Gasteiger partial charge in [0, 0.05) is 17.5 Å². The van der Waals surface area contributed by atoms with E-state index >= 15 is 0 Å². The molecule has 0 amide bonds. The maximum Gasteiger partial charge on any atom is 0.338 e. The van der Waals surface area contributed by atoms with Crippen LogP contribution in [0, 0.1) is 0 Å². The van der Waals surface area contributed by atoms with Crippen molar-refractivity contribution in [1.82, 2.24) is 14.6 Å². The van der Waals surface area contributed by atoms with Crippen LogP contribution in [0.1, 0.15) is 21.1 Å². The van der Waals surface area contributed by atoms with E-state index in [1.165, 1.54) is 12.0 Å². The first-order chi connectivity index (χ1) is 9.26. The average molecular weight is 273 g/mol. The third-order valence-corrected chi connectivity index (χ3v) is 3.59. The number of carbonyl (C=O) groups excluding carboxylic acids is 1. The fraction of sp³-hybridized carbons (Fsp3) is 0.154. The van der Waals surface area contributed by atoms with Gasteiger partial charge in [0.2, 0.25) is 0 Å². The van der Waals surface area contributed by atoms with Crippen molar-refractivity contribution in [2.45, 2.75) is 6.42 Å². The number of hydrogen-bond acceptors (Lipinski definition) is 5. The van der Waals surface area contributed by atoms with Crippen LogP contribution in [0.25, 0.3) is 5.65 Å². The van der Waals surface area contributed by atoms with Gasteiger partial charge in [-0.3, -0.25) is 0 Å². The first kappa shape index (κ1) is 11.9. The standard InChI is InChI=1S/C13H11N3O2S/c1-18-13(17)9-4-5-16-12(7-9)14-11(15-16)8-10-3-2-6-19-10/h2-7H,8H2,1H3. The van der Waals surface area contributed by atoms with Crippen LogP contribution in [0.2, 0.25) is 0 Å². The molecular formula is C13H11N3O2S. The van der Waals surface area contributed by atoms with Crippen LogP contribution in [0.15, 0.2) is 35.8 Å². The van der Waals surface area contributed by atoms with Gasteiger partial charge in [0.25, 0.3) is 0 Å². The van der Waals surface area contributed by atoms with Crippen LogP contribution in [-0.2, 0) is 11.2 Å². The lowest BCUT2D eigenvalue weighted by Gasteiger charge is -1.97. The summed E-state index contributed by atoms with van der Waals surface area (Å²) in [5, 5.41) is 6.40. The highest BCUT2D eigenvalue weighted by Crippen LogP contribution is 2.14. The van der Waals surface area contributed by atoms with Gasteiger partial charge in [0.05, 0.1) is 12.7 Å². The molecule has 0 aliphatic carbocycles. The van der Waals surface area contributed by atoms with Crippen molar-refractivity contribution in [3.63, 3.8) is 0 Å². The van der Waals surface area contributed by atoms with Crippen LogP contribution in [0.5, 0.6) is 0 Å². The van der Waals surface area contributed by atoms with E-state index in [2.05, 4.69) is 20.9 Å². The molecule has 0 aliphatic heterocycles. The highest BCUT2D eigenvalue weighted by molar-refractivity contribution is 7.09. The molecule has 3 aromatic heterocycles. The first-order valence-corrected chi connectivity index (χ1v) is 6.60. The summed E-state index contributed by atoms with van der Waals surface area (Å²) in [6.07, 6.45) is 2.42. The Hall–Kier alpha value is -2.21. The van der Waals surface area contributed by atoms with Gasteiger partial charge in [0.15, 0.2) is 11.5 Å². The predicted molar refractivity (Wildman–Crippen MR) is 71.5 cm³/mol. The fourth-order valence-corrected chi connectivity index (χ4v) is 2.52. The predicted octanol–water partition coefficient (Wildman–Crippen LogP) is 2.17. The van der Waals surface area contributed by atoms with Crippen LogP contribution >= 0.6 is 11.3 Å². The van der Waals surface area contributed by atoms with Crippen molar-refractivity contribution < 1.29 is 9.53 Å². The largest absolute Gasteiger partial charge is 0.465 e. The monoisotopic (exact) mass is 273 g/mol. The Morgan fingerprint density at radius 3 is 3.11 bits per heavy atom. The number of hydrogen-bond donors (Lipinski definition) is 0. The molecule has 0 radical (unpaired) electrons. The van der Waals surface area contributed by atoms with E-state index in [9.17, 15) is 4.79 Å². The smallest absolute Gasteiger partial charge is 0.338 e. The van der Waals surface area contributed by atoms with E-state index in [1.54, 1.807) is 34.2 Å². The van der Waals surface area contributed by atoms with Crippen molar-refractivity contribution >= 4 is 23.0 Å². The molecule has 0 aromatic carbocycles. The Balaban J connectivity index is 1.94. The molecule has 0 saturated carbocycles. The number of ether oxygens (including phenoxy) is 1. The molecule has 0 saturated heterocycles. The van der Waals surface area contributed by atoms with Crippen molar-refractivity contribution in [2.24, 2.45) is 0 Å². The summed E-state index contributed by atoms with van der Waals surface area (Å²) in [5.74, 6) is 0.370. The number of aromatic nitrogens is 3. The molecule has 0 spiro atoms. The summed E-state index contributed by atoms with van der Waals surface area (Å²) in [5.41, 5.74) is 1.12. The van der Waals surface area contributed by atoms with Crippen molar-refractivity contribution in [3.05, 3.63) is 52.1 Å². The number of esters is 1. The van der Waals surface area contributed by atoms with Gasteiger partial charge in [-0.15, -0.1) is 11.3 Å². The second kappa shape index (κ2) is 4.81. The minimum Gasteiger partial charge on any atom is -0.465 e. The summed E-state index contributed by atoms with van der Waals surface area (Å²) < 4.78 is 6.34. The van der Waals surface area contributed by atoms with Gasteiger partial charge >= 0.3 is 5.97 Å². The molecule has 0 fully saturated rings. The Morgan fingerprint density at radius 1 is 1.47 bits per heavy atom. The minimum atomic E-state index is -0.370. The maximum atomic E-state index is 11.4. The summed E-state index contributed by atoms with van der Waals surface area (Å²) in [6, 6.07) is 7.40. The van der Waals surface area contributed by atoms with Crippen LogP contribution in [0.3, 0.4) is 0 Å². The van der Waals surface area contributed by atoms with E-state index < -0.39 is 0 Å². The second-order valence-corrected chi connectivity index (χ2v) is 5.03. The SMILES string of the molecule is COC(=O)c1ccn2nc(Cc3cccs3)nc2c1. The summed E-state index contributed by atoms with van der Waals surface area (Å²) in [7, 11) is 1.36. The zero-order valence-electron chi connectivity index (χ0n) is 10.2. The zero-order chi connectivity index (χ0) is 13.2. The maximum absolute atomic E-state index is 11.4. The Kier molecular flexibility index (Phi) is 3.00. The molecule has 0 atom stereocenters. The van der Waals surface area contributed by atoms with Gasteiger partial charge in [-0.2, -0.15) is 5.10 Å². The van der Waals surface area contributed by atoms with E-state index in [4.69, 9.17) is 0 Å². The van der Waals surface area contributed by atoms with Gasteiger partial charge < -0.3 is 4.74 Å². The number of carbonyl (C=O) groups is 1. The van der Waals surface area contributed by atoms with Crippen molar-refractivity contribution in [2.75, 3.05) is 7.11 Å². The molecule has 0 bridgehead atoms. The Labute approximate surface area is 113 Å². The zero-order valence-corrected chi connectivity index (χ0v) is 11.1. The van der Waals surface area contributed by atoms with Gasteiger partial charge in [-0.05, 0) is 23.6 Å². The van der Waals surface area contributed by atoms with Crippen molar-refractivity contribution in [3.8, 4) is 0 Å². The molecule has 5 nitrogen and oxygen atoms in total. The molecule has 96 valence electrons. The summed E-state index contributed by atoms with van der Waals surface area (Å²) in [6.45, 7) is 0. The average Bonchev–Trinajstić information content (AvgIpc) is 3.05. The van der Waals surface area contributed by atoms with Gasteiger partial charge in [0.1, 0.15) is 0 Å². The van der Waals surface area contributed by atoms with Crippen molar-refractivity contribution in [1.29, 1.82) is 0 Å². The molecule has 0 N–H and O–H groups in total. The second-order valence-electron chi connectivity index (χ2n) is 3.99. The van der Waals surface area contributed by atoms with E-state index in [-0.39, 0.29) is 5.97 Å². The Bertz CT molecular complexity index is 719. The number of pyridine rings is 1. The highest BCUT2D eigenvalue weighted by Gasteiger charge is 2.09. The molecule has 3 heterocycles. The van der Waals surface area contributed by atoms with Crippen LogP contribution in [0.4, 0.5) is 0 Å². The normalized spacial score (nSPS) is 10.8. The molecule has 0 unspecified atom stereocenters. The molecule has 3 aromatic rings. The quantitative estimate of drug-likeness (QED) is 0.686. The number of rotatable bonds is 3. The highest BCUT2D eigenvalue weighted by atomic mass is 32.1. The molecule has 19 heavy (non-hydrogen) atoms. The topological polar surface area (TPSA) is 56.5 Å². The van der Waals surface area contributed by atoms with Gasteiger partial charge in [-0.25, -0.2) is 14.3 Å². The third kappa shape index (κ3) is 2.34. The number of methoxy groups -OCH3 is 1. The Morgan fingerprint density at radius 2 is 2.37 bits per heavy atom. The molecule has 0 aliphatic rings. The number of nitrogens with zero attached hydrogens (tertiary/aromatic N) is 3.